The molecule has 134 valence electrons. The average Bonchev–Trinajstić information content (AvgIpc) is 3.16. The Kier molecular flexibility index (Phi) is 4.34. The van der Waals surface area contributed by atoms with Crippen LogP contribution in [0.3, 0.4) is 0 Å². The molecule has 0 bridgehead atoms. The number of benzene rings is 2. The maximum atomic E-state index is 12.3. The SMILES string of the molecule is O=S(=O)(CCc1noc(C2COc3ccccc3O2)n1)c1ccccc1. The van der Waals surface area contributed by atoms with E-state index in [-0.39, 0.29) is 29.6 Å². The average molecular weight is 372 g/mol. The quantitative estimate of drug-likeness (QED) is 0.680. The molecule has 0 radical (unpaired) electrons. The van der Waals surface area contributed by atoms with Crippen LogP contribution in [0.4, 0.5) is 0 Å². The van der Waals surface area contributed by atoms with Crippen LogP contribution in [-0.2, 0) is 16.3 Å². The van der Waals surface area contributed by atoms with E-state index in [9.17, 15) is 8.42 Å². The Morgan fingerprint density at radius 3 is 2.54 bits per heavy atom. The fourth-order valence-corrected chi connectivity index (χ4v) is 3.87. The molecular weight excluding hydrogens is 356 g/mol. The van der Waals surface area contributed by atoms with Gasteiger partial charge in [0.25, 0.3) is 5.89 Å². The summed E-state index contributed by atoms with van der Waals surface area (Å²) in [6, 6.07) is 15.6. The van der Waals surface area contributed by atoms with Crippen LogP contribution in [-0.4, -0.2) is 30.9 Å². The summed E-state index contributed by atoms with van der Waals surface area (Å²) in [5.41, 5.74) is 0. The molecule has 0 saturated carbocycles. The van der Waals surface area contributed by atoms with Crippen molar-refractivity contribution in [3.63, 3.8) is 0 Å². The van der Waals surface area contributed by atoms with Gasteiger partial charge in [-0.05, 0) is 24.3 Å². The highest BCUT2D eigenvalue weighted by Gasteiger charge is 2.27. The summed E-state index contributed by atoms with van der Waals surface area (Å²) in [5.74, 6) is 1.77. The number of para-hydroxylation sites is 2. The van der Waals surface area contributed by atoms with Crippen molar-refractivity contribution >= 4 is 9.84 Å². The van der Waals surface area contributed by atoms with Crippen molar-refractivity contribution in [1.82, 2.24) is 10.1 Å². The molecule has 1 unspecified atom stereocenters. The van der Waals surface area contributed by atoms with Crippen molar-refractivity contribution in [1.29, 1.82) is 0 Å². The Hall–Kier alpha value is -2.87. The van der Waals surface area contributed by atoms with Crippen LogP contribution in [0, 0.1) is 0 Å². The molecule has 26 heavy (non-hydrogen) atoms. The Morgan fingerprint density at radius 1 is 1.00 bits per heavy atom. The van der Waals surface area contributed by atoms with Gasteiger partial charge in [0.1, 0.15) is 6.61 Å². The van der Waals surface area contributed by atoms with Crippen LogP contribution in [0.5, 0.6) is 11.5 Å². The van der Waals surface area contributed by atoms with Gasteiger partial charge in [-0.1, -0.05) is 35.5 Å². The molecule has 1 aliphatic heterocycles. The van der Waals surface area contributed by atoms with Gasteiger partial charge in [-0.2, -0.15) is 4.98 Å². The summed E-state index contributed by atoms with van der Waals surface area (Å²) < 4.78 is 41.3. The van der Waals surface area contributed by atoms with Gasteiger partial charge in [0.2, 0.25) is 6.10 Å². The summed E-state index contributed by atoms with van der Waals surface area (Å²) in [4.78, 5) is 4.54. The number of rotatable bonds is 5. The molecule has 1 aromatic heterocycles. The van der Waals surface area contributed by atoms with E-state index in [4.69, 9.17) is 14.0 Å². The van der Waals surface area contributed by atoms with E-state index in [0.717, 1.165) is 0 Å². The number of hydrogen-bond donors (Lipinski definition) is 0. The third kappa shape index (κ3) is 3.41. The Balaban J connectivity index is 1.43. The molecule has 4 rings (SSSR count). The molecule has 0 N–H and O–H groups in total. The normalized spacial score (nSPS) is 16.4. The third-order valence-electron chi connectivity index (χ3n) is 3.96. The first-order valence-corrected chi connectivity index (χ1v) is 9.76. The fourth-order valence-electron chi connectivity index (χ4n) is 2.61. The van der Waals surface area contributed by atoms with Crippen LogP contribution in [0.2, 0.25) is 0 Å². The number of aryl methyl sites for hydroxylation is 1. The molecule has 0 spiro atoms. The summed E-state index contributed by atoms with van der Waals surface area (Å²) in [5, 5.41) is 3.86. The molecule has 1 atom stereocenters. The van der Waals surface area contributed by atoms with Crippen LogP contribution in [0.1, 0.15) is 17.8 Å². The zero-order valence-electron chi connectivity index (χ0n) is 13.7. The second-order valence-corrected chi connectivity index (χ2v) is 7.90. The van der Waals surface area contributed by atoms with Gasteiger partial charge in [-0.15, -0.1) is 0 Å². The maximum Gasteiger partial charge on any atom is 0.271 e. The van der Waals surface area contributed by atoms with Crippen molar-refractivity contribution in [3.8, 4) is 11.5 Å². The fraction of sp³-hybridized carbons (Fsp3) is 0.222. The lowest BCUT2D eigenvalue weighted by Gasteiger charge is -2.23. The van der Waals surface area contributed by atoms with Gasteiger partial charge >= 0.3 is 0 Å². The Labute approximate surface area is 150 Å². The van der Waals surface area contributed by atoms with Gasteiger partial charge < -0.3 is 14.0 Å². The predicted molar refractivity (Wildman–Crippen MR) is 91.8 cm³/mol. The molecule has 3 aromatic rings. The molecule has 8 heteroatoms. The van der Waals surface area contributed by atoms with Gasteiger partial charge in [0.05, 0.1) is 10.6 Å². The minimum absolute atomic E-state index is 0.0964. The summed E-state index contributed by atoms with van der Waals surface area (Å²) in [6.07, 6.45) is -0.359. The van der Waals surface area contributed by atoms with Crippen LogP contribution in [0.15, 0.2) is 64.0 Å². The Morgan fingerprint density at radius 2 is 1.73 bits per heavy atom. The van der Waals surface area contributed by atoms with Gasteiger partial charge in [-0.3, -0.25) is 0 Å². The second kappa shape index (κ2) is 6.80. The first-order valence-electron chi connectivity index (χ1n) is 8.10. The minimum Gasteiger partial charge on any atom is -0.485 e. The van der Waals surface area contributed by atoms with Gasteiger partial charge in [0, 0.05) is 6.42 Å². The molecule has 2 aromatic carbocycles. The van der Waals surface area contributed by atoms with E-state index in [1.165, 1.54) is 0 Å². The number of hydrogen-bond acceptors (Lipinski definition) is 7. The van der Waals surface area contributed by atoms with Crippen molar-refractivity contribution in [2.24, 2.45) is 0 Å². The number of aromatic nitrogens is 2. The van der Waals surface area contributed by atoms with Crippen LogP contribution in [0.25, 0.3) is 0 Å². The lowest BCUT2D eigenvalue weighted by atomic mass is 10.2. The molecule has 0 fully saturated rings. The highest BCUT2D eigenvalue weighted by Crippen LogP contribution is 2.35. The maximum absolute atomic E-state index is 12.3. The van der Waals surface area contributed by atoms with E-state index in [1.54, 1.807) is 36.4 Å². The number of sulfone groups is 1. The molecular formula is C18H16N2O5S. The zero-order chi connectivity index (χ0) is 18.0. The van der Waals surface area contributed by atoms with Crippen molar-refractivity contribution in [2.45, 2.75) is 17.4 Å². The lowest BCUT2D eigenvalue weighted by Crippen LogP contribution is -2.21. The first-order chi connectivity index (χ1) is 12.6. The summed E-state index contributed by atoms with van der Waals surface area (Å²) in [7, 11) is -3.39. The van der Waals surface area contributed by atoms with Gasteiger partial charge in [-0.25, -0.2) is 8.42 Å². The van der Waals surface area contributed by atoms with Crippen molar-refractivity contribution < 1.29 is 22.4 Å². The molecule has 2 heterocycles. The molecule has 1 aliphatic rings. The lowest BCUT2D eigenvalue weighted by molar-refractivity contribution is 0.0665. The van der Waals surface area contributed by atoms with Crippen LogP contribution < -0.4 is 9.47 Å². The highest BCUT2D eigenvalue weighted by atomic mass is 32.2. The topological polar surface area (TPSA) is 91.5 Å². The second-order valence-electron chi connectivity index (χ2n) is 5.79. The van der Waals surface area contributed by atoms with Crippen LogP contribution >= 0.6 is 0 Å². The highest BCUT2D eigenvalue weighted by molar-refractivity contribution is 7.91. The first kappa shape index (κ1) is 16.6. The number of fused-ring (bicyclic) bond motifs is 1. The Bertz CT molecular complexity index is 1000. The van der Waals surface area contributed by atoms with E-state index >= 15 is 0 Å². The molecule has 0 saturated heterocycles. The number of nitrogens with zero attached hydrogens (tertiary/aromatic N) is 2. The minimum atomic E-state index is -3.39. The zero-order valence-corrected chi connectivity index (χ0v) is 14.6. The third-order valence-corrected chi connectivity index (χ3v) is 5.70. The standard InChI is InChI=1S/C18H16N2O5S/c21-26(22,13-6-2-1-3-7-13)11-10-17-19-18(25-20-17)16-12-23-14-8-4-5-9-15(14)24-16/h1-9,16H,10-12H2. The molecule has 7 nitrogen and oxygen atoms in total. The van der Waals surface area contributed by atoms with E-state index < -0.39 is 15.9 Å². The summed E-state index contributed by atoms with van der Waals surface area (Å²) >= 11 is 0. The van der Waals surface area contributed by atoms with E-state index in [0.29, 0.717) is 17.3 Å². The van der Waals surface area contributed by atoms with E-state index in [1.807, 2.05) is 18.2 Å². The largest absolute Gasteiger partial charge is 0.485 e. The monoisotopic (exact) mass is 372 g/mol. The van der Waals surface area contributed by atoms with Crippen molar-refractivity contribution in [2.75, 3.05) is 12.4 Å². The smallest absolute Gasteiger partial charge is 0.271 e. The molecule has 0 amide bonds. The van der Waals surface area contributed by atoms with E-state index in [2.05, 4.69) is 10.1 Å². The summed E-state index contributed by atoms with van der Waals surface area (Å²) in [6.45, 7) is 0.251. The number of ether oxygens (including phenoxy) is 2. The predicted octanol–water partition coefficient (Wildman–Crippen LogP) is 2.60. The van der Waals surface area contributed by atoms with Crippen molar-refractivity contribution in [3.05, 3.63) is 66.3 Å². The van der Waals surface area contributed by atoms with Gasteiger partial charge in [0.15, 0.2) is 27.2 Å². The molecule has 0 aliphatic carbocycles.